The summed E-state index contributed by atoms with van der Waals surface area (Å²) in [5, 5.41) is 0.254. The first-order valence-electron chi connectivity index (χ1n) is 3.65. The largest absolute Gasteiger partial charge is 0.375 e. The molecule has 0 saturated heterocycles. The lowest BCUT2D eigenvalue weighted by atomic mass is 10.4. The van der Waals surface area contributed by atoms with Gasteiger partial charge in [0.2, 0.25) is 0 Å². The van der Waals surface area contributed by atoms with E-state index in [-0.39, 0.29) is 15.4 Å². The molecule has 74 valence electrons. The fourth-order valence-electron chi connectivity index (χ4n) is 0.765. The molecule has 0 bridgehead atoms. The van der Waals surface area contributed by atoms with E-state index in [2.05, 4.69) is 9.71 Å². The van der Waals surface area contributed by atoms with Crippen molar-refractivity contribution in [2.24, 2.45) is 0 Å². The molecule has 13 heavy (non-hydrogen) atoms. The minimum absolute atomic E-state index is 0.131. The number of sulfonamides is 1. The molecule has 0 spiro atoms. The topological polar surface area (TPSA) is 85.1 Å². The number of hydrogen-bond acceptors (Lipinski definition) is 5. The number of nitrogen functional groups attached to an aromatic ring is 1. The van der Waals surface area contributed by atoms with Gasteiger partial charge in [-0.2, -0.15) is 0 Å². The molecule has 0 fully saturated rings. The molecule has 0 unspecified atom stereocenters. The van der Waals surface area contributed by atoms with Crippen LogP contribution < -0.4 is 10.5 Å². The SMILES string of the molecule is CC(C)NS(=O)(=O)c1cnc(N)s1. The number of rotatable bonds is 3. The molecule has 0 aliphatic heterocycles. The summed E-state index contributed by atoms with van der Waals surface area (Å²) in [6, 6.07) is -0.131. The Hall–Kier alpha value is -0.660. The van der Waals surface area contributed by atoms with E-state index in [0.29, 0.717) is 0 Å². The van der Waals surface area contributed by atoms with Crippen molar-refractivity contribution in [3.8, 4) is 0 Å². The molecule has 0 aliphatic rings. The van der Waals surface area contributed by atoms with Crippen LogP contribution in [0.2, 0.25) is 0 Å². The summed E-state index contributed by atoms with van der Waals surface area (Å²) in [6.07, 6.45) is 1.25. The van der Waals surface area contributed by atoms with Gasteiger partial charge in [-0.3, -0.25) is 0 Å². The molecule has 0 atom stereocenters. The Morgan fingerprint density at radius 2 is 2.23 bits per heavy atom. The van der Waals surface area contributed by atoms with Gasteiger partial charge in [-0.1, -0.05) is 11.3 Å². The molecule has 0 amide bonds. The molecule has 0 aliphatic carbocycles. The van der Waals surface area contributed by atoms with Crippen LogP contribution in [-0.2, 0) is 10.0 Å². The molecule has 0 saturated carbocycles. The normalized spacial score (nSPS) is 12.2. The minimum Gasteiger partial charge on any atom is -0.375 e. The number of nitrogens with one attached hydrogen (secondary N) is 1. The summed E-state index contributed by atoms with van der Waals surface area (Å²) in [4.78, 5) is 3.67. The molecule has 0 aromatic carbocycles. The van der Waals surface area contributed by atoms with Crippen molar-refractivity contribution in [2.45, 2.75) is 24.1 Å². The monoisotopic (exact) mass is 221 g/mol. The smallest absolute Gasteiger partial charge is 0.251 e. The zero-order valence-electron chi connectivity index (χ0n) is 7.31. The third kappa shape index (κ3) is 2.64. The highest BCUT2D eigenvalue weighted by Crippen LogP contribution is 2.19. The van der Waals surface area contributed by atoms with E-state index in [1.54, 1.807) is 13.8 Å². The summed E-state index contributed by atoms with van der Waals surface area (Å²) < 4.78 is 25.5. The minimum atomic E-state index is -3.41. The fraction of sp³-hybridized carbons (Fsp3) is 0.500. The third-order valence-corrected chi connectivity index (χ3v) is 4.10. The van der Waals surface area contributed by atoms with Crippen LogP contribution in [0.5, 0.6) is 0 Å². The highest BCUT2D eigenvalue weighted by atomic mass is 32.2. The fourth-order valence-corrected chi connectivity index (χ4v) is 2.95. The molecule has 7 heteroatoms. The van der Waals surface area contributed by atoms with Gasteiger partial charge < -0.3 is 5.73 Å². The van der Waals surface area contributed by atoms with Crippen molar-refractivity contribution in [1.82, 2.24) is 9.71 Å². The lowest BCUT2D eigenvalue weighted by Crippen LogP contribution is -2.29. The number of thiazole rings is 1. The second kappa shape index (κ2) is 3.60. The molecule has 0 radical (unpaired) electrons. The molecule has 1 heterocycles. The van der Waals surface area contributed by atoms with E-state index >= 15 is 0 Å². The number of hydrogen-bond donors (Lipinski definition) is 2. The van der Waals surface area contributed by atoms with Crippen LogP contribution in [0.1, 0.15) is 13.8 Å². The summed E-state index contributed by atoms with van der Waals surface area (Å²) in [7, 11) is -3.41. The van der Waals surface area contributed by atoms with Crippen LogP contribution >= 0.6 is 11.3 Å². The lowest BCUT2D eigenvalue weighted by Gasteiger charge is -2.06. The Balaban J connectivity index is 2.95. The molecule has 5 nitrogen and oxygen atoms in total. The van der Waals surface area contributed by atoms with Crippen LogP contribution in [-0.4, -0.2) is 19.4 Å². The Morgan fingerprint density at radius 1 is 1.62 bits per heavy atom. The zero-order valence-corrected chi connectivity index (χ0v) is 8.95. The van der Waals surface area contributed by atoms with Crippen LogP contribution in [0.25, 0.3) is 0 Å². The van der Waals surface area contributed by atoms with Gasteiger partial charge in [0.1, 0.15) is 0 Å². The Kier molecular flexibility index (Phi) is 2.89. The van der Waals surface area contributed by atoms with Gasteiger partial charge in [-0.15, -0.1) is 0 Å². The van der Waals surface area contributed by atoms with E-state index in [1.165, 1.54) is 6.20 Å². The van der Waals surface area contributed by atoms with Crippen molar-refractivity contribution in [2.75, 3.05) is 5.73 Å². The van der Waals surface area contributed by atoms with Crippen molar-refractivity contribution < 1.29 is 8.42 Å². The zero-order chi connectivity index (χ0) is 10.1. The van der Waals surface area contributed by atoms with Crippen LogP contribution in [0.15, 0.2) is 10.4 Å². The molecular weight excluding hydrogens is 210 g/mol. The first-order valence-corrected chi connectivity index (χ1v) is 5.95. The van der Waals surface area contributed by atoms with E-state index < -0.39 is 10.0 Å². The van der Waals surface area contributed by atoms with Gasteiger partial charge in [0.15, 0.2) is 9.34 Å². The second-order valence-corrected chi connectivity index (χ2v) is 5.80. The summed E-state index contributed by atoms with van der Waals surface area (Å²) in [6.45, 7) is 3.50. The Morgan fingerprint density at radius 3 is 2.62 bits per heavy atom. The summed E-state index contributed by atoms with van der Waals surface area (Å²) >= 11 is 0.953. The van der Waals surface area contributed by atoms with Gasteiger partial charge in [-0.05, 0) is 13.8 Å². The van der Waals surface area contributed by atoms with Crippen molar-refractivity contribution in [1.29, 1.82) is 0 Å². The van der Waals surface area contributed by atoms with Crippen molar-refractivity contribution in [3.05, 3.63) is 6.20 Å². The lowest BCUT2D eigenvalue weighted by molar-refractivity contribution is 0.572. The highest BCUT2D eigenvalue weighted by molar-refractivity contribution is 7.91. The van der Waals surface area contributed by atoms with E-state index in [0.717, 1.165) is 11.3 Å². The van der Waals surface area contributed by atoms with Crippen LogP contribution in [0, 0.1) is 0 Å². The van der Waals surface area contributed by atoms with Crippen molar-refractivity contribution >= 4 is 26.5 Å². The standard InChI is InChI=1S/C6H11N3O2S2/c1-4(2)9-13(10,11)5-3-8-6(7)12-5/h3-4,9H,1-2H3,(H2,7,8). The Labute approximate surface area is 81.0 Å². The molecule has 1 rings (SSSR count). The Bertz CT molecular complexity index is 382. The van der Waals surface area contributed by atoms with E-state index in [4.69, 9.17) is 5.73 Å². The average Bonchev–Trinajstić information content (AvgIpc) is 2.32. The predicted molar refractivity (Wildman–Crippen MR) is 52.0 cm³/mol. The number of nitrogens with two attached hydrogens (primary N) is 1. The summed E-state index contributed by atoms with van der Waals surface area (Å²) in [5.41, 5.74) is 5.32. The van der Waals surface area contributed by atoms with Gasteiger partial charge in [0, 0.05) is 6.04 Å². The first-order chi connectivity index (χ1) is 5.92. The first kappa shape index (κ1) is 10.4. The summed E-state index contributed by atoms with van der Waals surface area (Å²) in [5.74, 6) is 0. The maximum Gasteiger partial charge on any atom is 0.251 e. The van der Waals surface area contributed by atoms with Gasteiger partial charge >= 0.3 is 0 Å². The molecular formula is C6H11N3O2S2. The predicted octanol–water partition coefficient (Wildman–Crippen LogP) is 0.412. The number of nitrogens with zero attached hydrogens (tertiary/aromatic N) is 1. The number of aromatic nitrogens is 1. The highest BCUT2D eigenvalue weighted by Gasteiger charge is 2.17. The molecule has 3 N–H and O–H groups in total. The van der Waals surface area contributed by atoms with Gasteiger partial charge in [0.25, 0.3) is 10.0 Å². The van der Waals surface area contributed by atoms with Crippen LogP contribution in [0.4, 0.5) is 5.13 Å². The van der Waals surface area contributed by atoms with E-state index in [1.807, 2.05) is 0 Å². The number of anilines is 1. The molecule has 1 aromatic rings. The maximum atomic E-state index is 11.5. The van der Waals surface area contributed by atoms with Crippen LogP contribution in [0.3, 0.4) is 0 Å². The maximum absolute atomic E-state index is 11.5. The van der Waals surface area contributed by atoms with E-state index in [9.17, 15) is 8.42 Å². The average molecular weight is 221 g/mol. The second-order valence-electron chi connectivity index (χ2n) is 2.79. The van der Waals surface area contributed by atoms with Gasteiger partial charge in [-0.25, -0.2) is 18.1 Å². The van der Waals surface area contributed by atoms with Gasteiger partial charge in [0.05, 0.1) is 6.20 Å². The quantitative estimate of drug-likeness (QED) is 0.774. The molecule has 1 aromatic heterocycles. The van der Waals surface area contributed by atoms with Crippen molar-refractivity contribution in [3.63, 3.8) is 0 Å². The third-order valence-electron chi connectivity index (χ3n) is 1.16.